The molecule has 0 aliphatic heterocycles. The Morgan fingerprint density at radius 2 is 2.11 bits per heavy atom. The highest BCUT2D eigenvalue weighted by Gasteiger charge is 2.05. The maximum Gasteiger partial charge on any atom is 0.313 e. The first-order valence-electron chi connectivity index (χ1n) is 5.22. The van der Waals surface area contributed by atoms with Crippen molar-refractivity contribution >= 4 is 35.1 Å². The van der Waals surface area contributed by atoms with Gasteiger partial charge in [0.15, 0.2) is 0 Å². The minimum Gasteiger partial charge on any atom is -0.481 e. The molecule has 1 aromatic rings. The molecule has 2 N–H and O–H groups in total. The van der Waals surface area contributed by atoms with Crippen LogP contribution in [0.2, 0.25) is 0 Å². The summed E-state index contributed by atoms with van der Waals surface area (Å²) in [5.74, 6) is -0.328. The fourth-order valence-corrected chi connectivity index (χ4v) is 1.69. The van der Waals surface area contributed by atoms with E-state index in [9.17, 15) is 9.59 Å². The molecule has 6 nitrogen and oxygen atoms in total. The van der Waals surface area contributed by atoms with Gasteiger partial charge >= 0.3 is 5.97 Å². The minimum absolute atomic E-state index is 0.0781. The highest BCUT2D eigenvalue weighted by Crippen LogP contribution is 2.12. The highest BCUT2D eigenvalue weighted by molar-refractivity contribution is 8.00. The molecule has 0 unspecified atom stereocenters. The molecule has 0 saturated heterocycles. The molecule has 1 rings (SSSR count). The summed E-state index contributed by atoms with van der Waals surface area (Å²) < 4.78 is 0. The van der Waals surface area contributed by atoms with E-state index in [0.717, 1.165) is 17.6 Å². The van der Waals surface area contributed by atoms with Gasteiger partial charge in [-0.05, 0) is 12.1 Å². The highest BCUT2D eigenvalue weighted by atomic mass is 32.2. The van der Waals surface area contributed by atoms with Crippen LogP contribution in [-0.2, 0) is 9.59 Å². The predicted molar refractivity (Wildman–Crippen MR) is 72.2 cm³/mol. The molecular formula is C11H15N3O3S. The molecule has 0 aliphatic carbocycles. The maximum absolute atomic E-state index is 11.4. The van der Waals surface area contributed by atoms with E-state index in [-0.39, 0.29) is 17.4 Å². The SMILES string of the molecule is CN(C)c1ccc(NC(=O)CSCC(=O)O)cn1. The van der Waals surface area contributed by atoms with Crippen LogP contribution in [0.3, 0.4) is 0 Å². The smallest absolute Gasteiger partial charge is 0.313 e. The van der Waals surface area contributed by atoms with Crippen LogP contribution in [0.15, 0.2) is 18.3 Å². The lowest BCUT2D eigenvalue weighted by atomic mass is 10.4. The van der Waals surface area contributed by atoms with Crippen molar-refractivity contribution in [3.63, 3.8) is 0 Å². The first kappa shape index (κ1) is 14.3. The molecule has 1 heterocycles. The standard InChI is InChI=1S/C11H15N3O3S/c1-14(2)9-4-3-8(5-12-9)13-10(15)6-18-7-11(16)17/h3-5H,6-7H2,1-2H3,(H,13,15)(H,16,17). The van der Waals surface area contributed by atoms with Crippen molar-refractivity contribution in [3.8, 4) is 0 Å². The lowest BCUT2D eigenvalue weighted by molar-refractivity contribution is -0.133. The fraction of sp³-hybridized carbons (Fsp3) is 0.364. The van der Waals surface area contributed by atoms with Gasteiger partial charge in [-0.3, -0.25) is 9.59 Å². The van der Waals surface area contributed by atoms with Crippen LogP contribution in [-0.4, -0.2) is 47.6 Å². The van der Waals surface area contributed by atoms with Crippen LogP contribution in [0.4, 0.5) is 11.5 Å². The second-order valence-corrected chi connectivity index (χ2v) is 4.72. The van der Waals surface area contributed by atoms with Crippen molar-refractivity contribution in [2.75, 3.05) is 35.8 Å². The number of carbonyl (C=O) groups excluding carboxylic acids is 1. The average molecular weight is 269 g/mol. The van der Waals surface area contributed by atoms with Gasteiger partial charge in [0, 0.05) is 14.1 Å². The summed E-state index contributed by atoms with van der Waals surface area (Å²) in [4.78, 5) is 27.7. The molecule has 7 heteroatoms. The molecular weight excluding hydrogens is 254 g/mol. The number of nitrogens with zero attached hydrogens (tertiary/aromatic N) is 2. The number of carboxylic acid groups (broad SMARTS) is 1. The summed E-state index contributed by atoms with van der Waals surface area (Å²) >= 11 is 1.06. The summed E-state index contributed by atoms with van der Waals surface area (Å²) in [6.07, 6.45) is 1.56. The van der Waals surface area contributed by atoms with Crippen LogP contribution in [0.5, 0.6) is 0 Å². The zero-order valence-corrected chi connectivity index (χ0v) is 11.0. The van der Waals surface area contributed by atoms with E-state index in [0.29, 0.717) is 5.69 Å². The van der Waals surface area contributed by atoms with Crippen molar-refractivity contribution in [2.24, 2.45) is 0 Å². The van der Waals surface area contributed by atoms with E-state index in [1.54, 1.807) is 18.3 Å². The molecule has 18 heavy (non-hydrogen) atoms. The molecule has 0 spiro atoms. The van der Waals surface area contributed by atoms with E-state index in [4.69, 9.17) is 5.11 Å². The molecule has 0 aromatic carbocycles. The maximum atomic E-state index is 11.4. The van der Waals surface area contributed by atoms with Gasteiger partial charge in [0.05, 0.1) is 23.4 Å². The molecule has 1 aromatic heterocycles. The van der Waals surface area contributed by atoms with Crippen LogP contribution in [0, 0.1) is 0 Å². The number of aromatic nitrogens is 1. The van der Waals surface area contributed by atoms with E-state index < -0.39 is 5.97 Å². The number of aliphatic carboxylic acids is 1. The number of anilines is 2. The van der Waals surface area contributed by atoms with Gasteiger partial charge < -0.3 is 15.3 Å². The third-order valence-electron chi connectivity index (χ3n) is 1.95. The Bertz CT molecular complexity index is 420. The second kappa shape index (κ2) is 6.85. The largest absolute Gasteiger partial charge is 0.481 e. The number of rotatable bonds is 6. The molecule has 0 fully saturated rings. The molecule has 1 amide bonds. The number of pyridine rings is 1. The molecule has 0 radical (unpaired) electrons. The predicted octanol–water partition coefficient (Wildman–Crippen LogP) is 0.904. The normalized spacial score (nSPS) is 9.89. The quantitative estimate of drug-likeness (QED) is 0.798. The van der Waals surface area contributed by atoms with Gasteiger partial charge in [-0.15, -0.1) is 11.8 Å². The van der Waals surface area contributed by atoms with Crippen molar-refractivity contribution in [1.82, 2.24) is 4.98 Å². The monoisotopic (exact) mass is 269 g/mol. The zero-order chi connectivity index (χ0) is 13.5. The van der Waals surface area contributed by atoms with E-state index in [2.05, 4.69) is 10.3 Å². The first-order valence-corrected chi connectivity index (χ1v) is 6.37. The Morgan fingerprint density at radius 1 is 1.39 bits per heavy atom. The number of hydrogen-bond acceptors (Lipinski definition) is 5. The van der Waals surface area contributed by atoms with Gasteiger partial charge in [-0.1, -0.05) is 0 Å². The van der Waals surface area contributed by atoms with E-state index in [1.807, 2.05) is 19.0 Å². The van der Waals surface area contributed by atoms with Crippen LogP contribution in [0.1, 0.15) is 0 Å². The van der Waals surface area contributed by atoms with Crippen molar-refractivity contribution in [1.29, 1.82) is 0 Å². The van der Waals surface area contributed by atoms with Gasteiger partial charge in [-0.25, -0.2) is 4.98 Å². The number of carboxylic acids is 1. The van der Waals surface area contributed by atoms with Crippen molar-refractivity contribution in [3.05, 3.63) is 18.3 Å². The topological polar surface area (TPSA) is 82.5 Å². The Morgan fingerprint density at radius 3 is 2.61 bits per heavy atom. The summed E-state index contributed by atoms with van der Waals surface area (Å²) in [5, 5.41) is 11.1. The minimum atomic E-state index is -0.926. The lowest BCUT2D eigenvalue weighted by Gasteiger charge is -2.11. The van der Waals surface area contributed by atoms with E-state index >= 15 is 0 Å². The van der Waals surface area contributed by atoms with Gasteiger partial charge in [0.2, 0.25) is 5.91 Å². The number of carbonyl (C=O) groups is 2. The number of nitrogens with one attached hydrogen (secondary N) is 1. The number of thioether (sulfide) groups is 1. The average Bonchev–Trinajstić information content (AvgIpc) is 2.29. The molecule has 0 atom stereocenters. The van der Waals surface area contributed by atoms with Gasteiger partial charge in [0.1, 0.15) is 5.82 Å². The molecule has 98 valence electrons. The van der Waals surface area contributed by atoms with Crippen LogP contribution >= 0.6 is 11.8 Å². The Hall–Kier alpha value is -1.76. The first-order chi connectivity index (χ1) is 8.49. The third-order valence-corrected chi connectivity index (χ3v) is 2.87. The van der Waals surface area contributed by atoms with Gasteiger partial charge in [0.25, 0.3) is 0 Å². The molecule has 0 saturated carbocycles. The summed E-state index contributed by atoms with van der Waals surface area (Å²) in [6, 6.07) is 3.54. The summed E-state index contributed by atoms with van der Waals surface area (Å²) in [6.45, 7) is 0. The van der Waals surface area contributed by atoms with Crippen molar-refractivity contribution in [2.45, 2.75) is 0 Å². The Labute approximate surface area is 109 Å². The second-order valence-electron chi connectivity index (χ2n) is 3.73. The third kappa shape index (κ3) is 5.05. The molecule has 0 aliphatic rings. The Balaban J connectivity index is 2.42. The summed E-state index contributed by atoms with van der Waals surface area (Å²) in [7, 11) is 3.76. The lowest BCUT2D eigenvalue weighted by Crippen LogP contribution is -2.16. The van der Waals surface area contributed by atoms with E-state index in [1.165, 1.54) is 0 Å². The number of amides is 1. The molecule has 0 bridgehead atoms. The Kier molecular flexibility index (Phi) is 5.44. The number of hydrogen-bond donors (Lipinski definition) is 2. The van der Waals surface area contributed by atoms with Crippen LogP contribution < -0.4 is 10.2 Å². The zero-order valence-electron chi connectivity index (χ0n) is 10.2. The van der Waals surface area contributed by atoms with Crippen molar-refractivity contribution < 1.29 is 14.7 Å². The van der Waals surface area contributed by atoms with Crippen LogP contribution in [0.25, 0.3) is 0 Å². The van der Waals surface area contributed by atoms with Gasteiger partial charge in [-0.2, -0.15) is 0 Å². The summed E-state index contributed by atoms with van der Waals surface area (Å²) in [5.41, 5.74) is 0.599. The fourth-order valence-electron chi connectivity index (χ4n) is 1.15.